The van der Waals surface area contributed by atoms with Crippen molar-refractivity contribution in [2.45, 2.75) is 32.7 Å². The molecule has 1 unspecified atom stereocenters. The van der Waals surface area contributed by atoms with Crippen LogP contribution in [0.4, 0.5) is 5.95 Å². The lowest BCUT2D eigenvalue weighted by atomic mass is 10.1. The van der Waals surface area contributed by atoms with Crippen molar-refractivity contribution in [3.63, 3.8) is 0 Å². The first-order chi connectivity index (χ1) is 11.7. The minimum atomic E-state index is 0. The molecule has 0 saturated heterocycles. The average molecular weight is 354 g/mol. The van der Waals surface area contributed by atoms with Gasteiger partial charge in [-0.25, -0.2) is 4.98 Å². The Balaban J connectivity index is 0.00000225. The van der Waals surface area contributed by atoms with E-state index in [4.69, 9.17) is 0 Å². The van der Waals surface area contributed by atoms with E-state index in [0.29, 0.717) is 6.04 Å². The van der Waals surface area contributed by atoms with E-state index >= 15 is 0 Å². The van der Waals surface area contributed by atoms with Crippen LogP contribution in [-0.2, 0) is 6.42 Å². The number of rotatable bonds is 6. The number of aromatic amines is 1. The van der Waals surface area contributed by atoms with Crippen molar-refractivity contribution in [1.82, 2.24) is 4.98 Å². The molecule has 2 N–H and O–H groups in total. The minimum Gasteiger partial charge on any atom is -1.00 e. The first kappa shape index (κ1) is 18.9. The Bertz CT molecular complexity index is 776. The molecule has 3 rings (SSSR count). The second-order valence-electron chi connectivity index (χ2n) is 6.22. The fourth-order valence-electron chi connectivity index (χ4n) is 2.78. The van der Waals surface area contributed by atoms with Gasteiger partial charge in [-0.15, -0.1) is 0 Å². The van der Waals surface area contributed by atoms with Gasteiger partial charge in [0, 0.05) is 11.6 Å². The normalized spacial score (nSPS) is 11.4. The predicted molar refractivity (Wildman–Crippen MR) is 98.8 cm³/mol. The Morgan fingerprint density at radius 1 is 1.00 bits per heavy atom. The SMILES string of the molecule is Cc1cc(-c2ccccc2)[nH+]c(NC(C)CCc2ccccc2)n1.[Cl-]. The van der Waals surface area contributed by atoms with E-state index in [1.54, 1.807) is 0 Å². The van der Waals surface area contributed by atoms with Gasteiger partial charge in [-0.2, -0.15) is 0 Å². The van der Waals surface area contributed by atoms with Crippen molar-refractivity contribution in [3.05, 3.63) is 78.0 Å². The Morgan fingerprint density at radius 2 is 1.64 bits per heavy atom. The van der Waals surface area contributed by atoms with E-state index < -0.39 is 0 Å². The standard InChI is InChI=1S/C21H23N3.ClH/c1-16(13-14-18-9-5-3-6-10-18)22-21-23-17(2)15-20(24-21)19-11-7-4-8-12-19;/h3-12,15-16H,13-14H2,1-2H3,(H,22,23,24);1H. The van der Waals surface area contributed by atoms with E-state index in [1.165, 1.54) is 11.1 Å². The summed E-state index contributed by atoms with van der Waals surface area (Å²) in [7, 11) is 0. The molecule has 3 nitrogen and oxygen atoms in total. The Morgan fingerprint density at radius 3 is 2.32 bits per heavy atom. The summed E-state index contributed by atoms with van der Waals surface area (Å²) in [6, 6.07) is 23.4. The summed E-state index contributed by atoms with van der Waals surface area (Å²) in [6.45, 7) is 4.23. The average Bonchev–Trinajstić information content (AvgIpc) is 2.61. The highest BCUT2D eigenvalue weighted by atomic mass is 35.5. The summed E-state index contributed by atoms with van der Waals surface area (Å²) in [6.07, 6.45) is 2.13. The largest absolute Gasteiger partial charge is 1.00 e. The molecule has 0 amide bonds. The monoisotopic (exact) mass is 353 g/mol. The molecule has 0 saturated carbocycles. The molecule has 0 spiro atoms. The molecule has 25 heavy (non-hydrogen) atoms. The van der Waals surface area contributed by atoms with Gasteiger partial charge >= 0.3 is 5.95 Å². The maximum absolute atomic E-state index is 4.59. The van der Waals surface area contributed by atoms with E-state index in [9.17, 15) is 0 Å². The molecule has 0 aliphatic carbocycles. The Hall–Kier alpha value is -2.39. The summed E-state index contributed by atoms with van der Waals surface area (Å²) in [5, 5.41) is 3.50. The maximum Gasteiger partial charge on any atom is 0.390 e. The van der Waals surface area contributed by atoms with Crippen LogP contribution in [0.1, 0.15) is 24.6 Å². The number of anilines is 1. The van der Waals surface area contributed by atoms with Crippen LogP contribution in [-0.4, -0.2) is 11.0 Å². The first-order valence-corrected chi connectivity index (χ1v) is 8.47. The number of nitrogens with one attached hydrogen (secondary N) is 2. The quantitative estimate of drug-likeness (QED) is 0.725. The highest BCUT2D eigenvalue weighted by Crippen LogP contribution is 2.16. The molecule has 0 fully saturated rings. The molecular formula is C21H24ClN3. The third-order valence-electron chi connectivity index (χ3n) is 4.07. The van der Waals surface area contributed by atoms with Crippen molar-refractivity contribution >= 4 is 5.95 Å². The first-order valence-electron chi connectivity index (χ1n) is 8.47. The van der Waals surface area contributed by atoms with Crippen LogP contribution in [0.2, 0.25) is 0 Å². The number of aromatic nitrogens is 2. The van der Waals surface area contributed by atoms with Crippen molar-refractivity contribution in [2.24, 2.45) is 0 Å². The van der Waals surface area contributed by atoms with Gasteiger partial charge in [-0.05, 0) is 32.3 Å². The number of benzene rings is 2. The van der Waals surface area contributed by atoms with E-state index in [0.717, 1.165) is 30.2 Å². The molecule has 4 heteroatoms. The van der Waals surface area contributed by atoms with Gasteiger partial charge in [0.1, 0.15) is 11.4 Å². The molecule has 130 valence electrons. The number of H-pyrrole nitrogens is 1. The van der Waals surface area contributed by atoms with Gasteiger partial charge in [-0.1, -0.05) is 65.6 Å². The summed E-state index contributed by atoms with van der Waals surface area (Å²) in [4.78, 5) is 8.00. The van der Waals surface area contributed by atoms with Gasteiger partial charge in [0.2, 0.25) is 0 Å². The lowest BCUT2D eigenvalue weighted by Crippen LogP contribution is -3.00. The van der Waals surface area contributed by atoms with Crippen LogP contribution in [0.25, 0.3) is 11.3 Å². The van der Waals surface area contributed by atoms with Gasteiger partial charge in [0.15, 0.2) is 0 Å². The zero-order chi connectivity index (χ0) is 16.8. The number of nitrogens with zero attached hydrogens (tertiary/aromatic N) is 1. The molecule has 1 atom stereocenters. The summed E-state index contributed by atoms with van der Waals surface area (Å²) in [5.74, 6) is 0.828. The molecule has 0 aliphatic heterocycles. The van der Waals surface area contributed by atoms with E-state index in [1.807, 2.05) is 13.0 Å². The summed E-state index contributed by atoms with van der Waals surface area (Å²) >= 11 is 0. The van der Waals surface area contributed by atoms with Crippen LogP contribution >= 0.6 is 0 Å². The van der Waals surface area contributed by atoms with Crippen LogP contribution in [0, 0.1) is 6.92 Å². The van der Waals surface area contributed by atoms with Crippen molar-refractivity contribution in [3.8, 4) is 11.3 Å². The molecule has 3 aromatic rings. The highest BCUT2D eigenvalue weighted by molar-refractivity contribution is 5.56. The smallest absolute Gasteiger partial charge is 0.390 e. The fraction of sp³-hybridized carbons (Fsp3) is 0.238. The minimum absolute atomic E-state index is 0. The molecule has 1 aromatic heterocycles. The topological polar surface area (TPSA) is 39.1 Å². The van der Waals surface area contributed by atoms with Crippen LogP contribution < -0.4 is 22.7 Å². The number of hydrogen-bond acceptors (Lipinski definition) is 2. The van der Waals surface area contributed by atoms with E-state index in [-0.39, 0.29) is 12.4 Å². The van der Waals surface area contributed by atoms with Crippen LogP contribution in [0.3, 0.4) is 0 Å². The third kappa shape index (κ3) is 5.57. The van der Waals surface area contributed by atoms with Gasteiger partial charge in [-0.3, -0.25) is 5.32 Å². The van der Waals surface area contributed by atoms with Crippen molar-refractivity contribution < 1.29 is 17.4 Å². The second-order valence-corrected chi connectivity index (χ2v) is 6.22. The lowest BCUT2D eigenvalue weighted by molar-refractivity contribution is -0.352. The van der Waals surface area contributed by atoms with Crippen LogP contribution in [0.15, 0.2) is 66.7 Å². The molecule has 0 radical (unpaired) electrons. The van der Waals surface area contributed by atoms with Gasteiger partial charge in [0.25, 0.3) is 0 Å². The van der Waals surface area contributed by atoms with E-state index in [2.05, 4.69) is 82.9 Å². The van der Waals surface area contributed by atoms with Crippen molar-refractivity contribution in [2.75, 3.05) is 5.32 Å². The second kappa shape index (κ2) is 9.19. The molecular weight excluding hydrogens is 330 g/mol. The predicted octanol–water partition coefficient (Wildman–Crippen LogP) is 1.31. The van der Waals surface area contributed by atoms with Gasteiger partial charge in [0.05, 0.1) is 6.04 Å². The van der Waals surface area contributed by atoms with Crippen molar-refractivity contribution in [1.29, 1.82) is 0 Å². The number of halogens is 1. The lowest BCUT2D eigenvalue weighted by Gasteiger charge is -2.10. The fourth-order valence-corrected chi connectivity index (χ4v) is 2.78. The van der Waals surface area contributed by atoms with Crippen LogP contribution in [0.5, 0.6) is 0 Å². The highest BCUT2D eigenvalue weighted by Gasteiger charge is 2.14. The number of aryl methyl sites for hydroxylation is 2. The zero-order valence-corrected chi connectivity index (χ0v) is 15.4. The molecule has 0 aliphatic rings. The summed E-state index contributed by atoms with van der Waals surface area (Å²) in [5.41, 5.74) is 4.63. The van der Waals surface area contributed by atoms with Gasteiger partial charge < -0.3 is 12.4 Å². The molecule has 0 bridgehead atoms. The Labute approximate surface area is 156 Å². The molecule has 1 heterocycles. The Kier molecular flexibility index (Phi) is 6.96. The molecule has 2 aromatic carbocycles. The summed E-state index contributed by atoms with van der Waals surface area (Å²) < 4.78 is 0. The third-order valence-corrected chi connectivity index (χ3v) is 4.07. The number of hydrogen-bond donors (Lipinski definition) is 1. The zero-order valence-electron chi connectivity index (χ0n) is 14.7. The maximum atomic E-state index is 4.59.